The summed E-state index contributed by atoms with van der Waals surface area (Å²) in [6, 6.07) is 14.3. The van der Waals surface area contributed by atoms with E-state index in [4.69, 9.17) is 4.74 Å². The fourth-order valence-electron chi connectivity index (χ4n) is 4.49. The molecule has 0 saturated carbocycles. The number of rotatable bonds is 8. The quantitative estimate of drug-likeness (QED) is 0.430. The van der Waals surface area contributed by atoms with E-state index in [0.29, 0.717) is 0 Å². The summed E-state index contributed by atoms with van der Waals surface area (Å²) in [6.45, 7) is 5.59. The van der Waals surface area contributed by atoms with Crippen LogP contribution in [0.15, 0.2) is 48.5 Å². The fraction of sp³-hybridized carbons (Fsp3) is 0.308. The van der Waals surface area contributed by atoms with E-state index in [-0.39, 0.29) is 18.6 Å². The predicted octanol–water partition coefficient (Wildman–Crippen LogP) is 4.32. The number of aliphatic carboxylic acids is 1. The number of carboxylic acids is 1. The van der Waals surface area contributed by atoms with Gasteiger partial charge in [0.25, 0.3) is 0 Å². The zero-order valence-electron chi connectivity index (χ0n) is 19.7. The molecular formula is C26H27N3O5S. The Hall–Kier alpha value is -3.72. The Labute approximate surface area is 207 Å². The normalized spacial score (nSPS) is 13.9. The van der Waals surface area contributed by atoms with E-state index in [1.807, 2.05) is 62.4 Å². The monoisotopic (exact) mass is 493 g/mol. The molecule has 2 unspecified atom stereocenters. The molecule has 0 radical (unpaired) electrons. The first-order chi connectivity index (χ1) is 16.7. The molecule has 1 aromatic heterocycles. The molecule has 3 aromatic rings. The summed E-state index contributed by atoms with van der Waals surface area (Å²) in [5.74, 6) is -1.95. The maximum Gasteiger partial charge on any atom is 0.407 e. The number of carbonyl (C=O) groups excluding carboxylic acids is 2. The molecule has 0 fully saturated rings. The molecule has 0 aliphatic heterocycles. The number of nitrogens with one attached hydrogen (secondary N) is 2. The zero-order valence-corrected chi connectivity index (χ0v) is 20.5. The third-order valence-electron chi connectivity index (χ3n) is 6.02. The molecule has 0 spiro atoms. The number of aryl methyl sites for hydroxylation is 2. The van der Waals surface area contributed by atoms with Crippen molar-refractivity contribution >= 4 is 29.3 Å². The van der Waals surface area contributed by atoms with Gasteiger partial charge in [0, 0.05) is 10.8 Å². The van der Waals surface area contributed by atoms with E-state index in [1.54, 1.807) is 6.92 Å². The van der Waals surface area contributed by atoms with Crippen LogP contribution in [0, 0.1) is 13.8 Å². The highest BCUT2D eigenvalue weighted by atomic mass is 32.1. The van der Waals surface area contributed by atoms with Gasteiger partial charge < -0.3 is 20.5 Å². The number of fused-ring (bicyclic) bond motifs is 3. The maximum atomic E-state index is 12.8. The van der Waals surface area contributed by atoms with Crippen LogP contribution in [-0.2, 0) is 14.3 Å². The molecule has 35 heavy (non-hydrogen) atoms. The molecule has 1 aliphatic carbocycles. The van der Waals surface area contributed by atoms with Crippen molar-refractivity contribution in [1.82, 2.24) is 15.6 Å². The standard InChI is InChI=1S/C26H27N3O5S/c1-14-24(35-16(3)27-14)15(2)28-25(32)22(12-23(30)31)29-26(33)34-13-21-19-10-6-4-8-17(19)18-9-5-7-11-20(18)21/h4-11,15,21-22H,12-13H2,1-3H3,(H,28,32)(H,29,33)(H,30,31). The summed E-state index contributed by atoms with van der Waals surface area (Å²) in [5, 5.41) is 15.4. The smallest absolute Gasteiger partial charge is 0.407 e. The lowest BCUT2D eigenvalue weighted by Crippen LogP contribution is -2.48. The lowest BCUT2D eigenvalue weighted by molar-refractivity contribution is -0.140. The van der Waals surface area contributed by atoms with Gasteiger partial charge in [0.2, 0.25) is 5.91 Å². The molecule has 1 heterocycles. The van der Waals surface area contributed by atoms with E-state index >= 15 is 0 Å². The van der Waals surface area contributed by atoms with Gasteiger partial charge >= 0.3 is 12.1 Å². The van der Waals surface area contributed by atoms with Crippen molar-refractivity contribution in [2.45, 2.75) is 45.2 Å². The second kappa shape index (κ2) is 10.3. The van der Waals surface area contributed by atoms with Crippen LogP contribution in [0.3, 0.4) is 0 Å². The molecule has 1 aliphatic rings. The van der Waals surface area contributed by atoms with Crippen LogP contribution >= 0.6 is 11.3 Å². The molecule has 2 aromatic carbocycles. The molecular weight excluding hydrogens is 466 g/mol. The number of hydrogen-bond donors (Lipinski definition) is 3. The first-order valence-electron chi connectivity index (χ1n) is 11.3. The van der Waals surface area contributed by atoms with Gasteiger partial charge in [-0.3, -0.25) is 9.59 Å². The number of carbonyl (C=O) groups is 3. The number of benzene rings is 2. The number of aromatic nitrogens is 1. The molecule has 0 bridgehead atoms. The Kier molecular flexibility index (Phi) is 7.16. The number of nitrogens with zero attached hydrogens (tertiary/aromatic N) is 1. The number of carboxylic acid groups (broad SMARTS) is 1. The summed E-state index contributed by atoms with van der Waals surface area (Å²) in [4.78, 5) is 42.1. The van der Waals surface area contributed by atoms with Gasteiger partial charge in [-0.2, -0.15) is 0 Å². The zero-order chi connectivity index (χ0) is 25.1. The van der Waals surface area contributed by atoms with Crippen molar-refractivity contribution < 1.29 is 24.2 Å². The summed E-state index contributed by atoms with van der Waals surface area (Å²) < 4.78 is 5.48. The lowest BCUT2D eigenvalue weighted by Gasteiger charge is -2.21. The Bertz CT molecular complexity index is 1230. The van der Waals surface area contributed by atoms with Crippen LogP contribution in [0.25, 0.3) is 11.1 Å². The minimum atomic E-state index is -1.28. The third-order valence-corrected chi connectivity index (χ3v) is 7.28. The first-order valence-corrected chi connectivity index (χ1v) is 12.1. The van der Waals surface area contributed by atoms with Crippen molar-refractivity contribution in [3.63, 3.8) is 0 Å². The van der Waals surface area contributed by atoms with Gasteiger partial charge in [-0.25, -0.2) is 9.78 Å². The minimum absolute atomic E-state index is 0.0665. The first kappa shape index (κ1) is 24.4. The molecule has 3 N–H and O–H groups in total. The highest BCUT2D eigenvalue weighted by molar-refractivity contribution is 7.11. The SMILES string of the molecule is Cc1nc(C)c(C(C)NC(=O)C(CC(=O)O)NC(=O)OCC2c3ccccc3-c3ccccc32)s1. The van der Waals surface area contributed by atoms with Crippen LogP contribution < -0.4 is 10.6 Å². The van der Waals surface area contributed by atoms with Gasteiger partial charge in [0.15, 0.2) is 0 Å². The van der Waals surface area contributed by atoms with Crippen molar-refractivity contribution in [3.05, 3.63) is 75.2 Å². The molecule has 2 amide bonds. The fourth-order valence-corrected chi connectivity index (χ4v) is 5.42. The predicted molar refractivity (Wildman–Crippen MR) is 132 cm³/mol. The molecule has 4 rings (SSSR count). The molecule has 2 atom stereocenters. The topological polar surface area (TPSA) is 118 Å². The summed E-state index contributed by atoms with van der Waals surface area (Å²) >= 11 is 1.46. The van der Waals surface area contributed by atoms with E-state index in [1.165, 1.54) is 11.3 Å². The molecule has 8 nitrogen and oxygen atoms in total. The van der Waals surface area contributed by atoms with Gasteiger partial charge in [-0.05, 0) is 43.0 Å². The van der Waals surface area contributed by atoms with Crippen LogP contribution in [0.1, 0.15) is 52.0 Å². The average molecular weight is 494 g/mol. The maximum absolute atomic E-state index is 12.8. The second-order valence-corrected chi connectivity index (χ2v) is 9.77. The van der Waals surface area contributed by atoms with E-state index < -0.39 is 30.4 Å². The average Bonchev–Trinajstić information content (AvgIpc) is 3.33. The van der Waals surface area contributed by atoms with Crippen LogP contribution in [0.2, 0.25) is 0 Å². The molecule has 9 heteroatoms. The second-order valence-electron chi connectivity index (χ2n) is 8.53. The van der Waals surface area contributed by atoms with E-state index in [0.717, 1.165) is 37.8 Å². The number of amides is 2. The Morgan fingerprint density at radius 3 is 2.17 bits per heavy atom. The van der Waals surface area contributed by atoms with Crippen molar-refractivity contribution in [2.75, 3.05) is 6.61 Å². The summed E-state index contributed by atoms with van der Waals surface area (Å²) in [5.41, 5.74) is 5.13. The Morgan fingerprint density at radius 1 is 1.03 bits per heavy atom. The lowest BCUT2D eigenvalue weighted by atomic mass is 9.98. The Morgan fingerprint density at radius 2 is 1.63 bits per heavy atom. The minimum Gasteiger partial charge on any atom is -0.481 e. The Balaban J connectivity index is 1.41. The highest BCUT2D eigenvalue weighted by Gasteiger charge is 2.30. The van der Waals surface area contributed by atoms with Crippen LogP contribution in [-0.4, -0.2) is 40.7 Å². The summed E-state index contributed by atoms with van der Waals surface area (Å²) in [6.07, 6.45) is -1.41. The molecule has 182 valence electrons. The third kappa shape index (κ3) is 5.35. The highest BCUT2D eigenvalue weighted by Crippen LogP contribution is 2.44. The van der Waals surface area contributed by atoms with Gasteiger partial charge in [0.05, 0.1) is 23.2 Å². The number of hydrogen-bond acceptors (Lipinski definition) is 6. The number of ether oxygens (including phenoxy) is 1. The van der Waals surface area contributed by atoms with Crippen molar-refractivity contribution in [1.29, 1.82) is 0 Å². The van der Waals surface area contributed by atoms with Crippen LogP contribution in [0.4, 0.5) is 4.79 Å². The largest absolute Gasteiger partial charge is 0.481 e. The van der Waals surface area contributed by atoms with Gasteiger partial charge in [0.1, 0.15) is 12.6 Å². The van der Waals surface area contributed by atoms with Gasteiger partial charge in [-0.1, -0.05) is 48.5 Å². The molecule has 0 saturated heterocycles. The van der Waals surface area contributed by atoms with Crippen LogP contribution in [0.5, 0.6) is 0 Å². The van der Waals surface area contributed by atoms with E-state index in [2.05, 4.69) is 15.6 Å². The van der Waals surface area contributed by atoms with Crippen molar-refractivity contribution in [2.24, 2.45) is 0 Å². The summed E-state index contributed by atoms with van der Waals surface area (Å²) in [7, 11) is 0. The van der Waals surface area contributed by atoms with E-state index in [9.17, 15) is 19.5 Å². The number of alkyl carbamates (subject to hydrolysis) is 1. The van der Waals surface area contributed by atoms with Crippen molar-refractivity contribution in [3.8, 4) is 11.1 Å². The number of thiazole rings is 1. The van der Waals surface area contributed by atoms with Gasteiger partial charge in [-0.15, -0.1) is 11.3 Å².